The van der Waals surface area contributed by atoms with Gasteiger partial charge in [-0.25, -0.2) is 0 Å². The number of nitrogens with one attached hydrogen (secondary N) is 1. The van der Waals surface area contributed by atoms with E-state index in [-0.39, 0.29) is 11.8 Å². The number of carbonyl (C=O) groups excluding carboxylic acids is 1. The number of Topliss-reactive ketones (excluding diaryl/α,β-unsaturated/α-hetero) is 1. The molecule has 1 aromatic heterocycles. The Hall–Kier alpha value is -2.00. The number of rotatable bonds is 5. The molecular formula is C17H20N2O. The van der Waals surface area contributed by atoms with Crippen molar-refractivity contribution in [3.63, 3.8) is 0 Å². The fourth-order valence-corrected chi connectivity index (χ4v) is 2.25. The third kappa shape index (κ3) is 3.31. The predicted molar refractivity (Wildman–Crippen MR) is 81.6 cm³/mol. The van der Waals surface area contributed by atoms with Gasteiger partial charge in [-0.2, -0.15) is 0 Å². The Morgan fingerprint density at radius 1 is 1.25 bits per heavy atom. The predicted octanol–water partition coefficient (Wildman–Crippen LogP) is 2.78. The summed E-state index contributed by atoms with van der Waals surface area (Å²) in [7, 11) is 1.81. The van der Waals surface area contributed by atoms with Gasteiger partial charge < -0.3 is 5.32 Å². The van der Waals surface area contributed by atoms with Crippen LogP contribution in [0.2, 0.25) is 0 Å². The van der Waals surface area contributed by atoms with Gasteiger partial charge in [0.25, 0.3) is 0 Å². The Labute approximate surface area is 120 Å². The number of aromatic nitrogens is 1. The molecule has 3 nitrogen and oxygen atoms in total. The first-order valence-corrected chi connectivity index (χ1v) is 6.80. The van der Waals surface area contributed by atoms with Crippen LogP contribution < -0.4 is 5.32 Å². The monoisotopic (exact) mass is 268 g/mol. The molecule has 0 unspecified atom stereocenters. The fraction of sp³-hybridized carbons (Fsp3) is 0.294. The summed E-state index contributed by atoms with van der Waals surface area (Å²) in [6.07, 6.45) is 2.53. The fourth-order valence-electron chi connectivity index (χ4n) is 2.25. The van der Waals surface area contributed by atoms with E-state index in [2.05, 4.69) is 29.4 Å². The van der Waals surface area contributed by atoms with Crippen LogP contribution in [0.4, 0.5) is 0 Å². The zero-order valence-corrected chi connectivity index (χ0v) is 12.2. The van der Waals surface area contributed by atoms with Crippen molar-refractivity contribution >= 4 is 5.78 Å². The molecule has 1 atom stereocenters. The lowest BCUT2D eigenvalue weighted by Gasteiger charge is -2.12. The quantitative estimate of drug-likeness (QED) is 0.906. The highest BCUT2D eigenvalue weighted by Crippen LogP contribution is 2.21. The average molecular weight is 268 g/mol. The molecule has 0 radical (unpaired) electrons. The second kappa shape index (κ2) is 6.44. The molecule has 1 heterocycles. The zero-order valence-electron chi connectivity index (χ0n) is 12.2. The Balaban J connectivity index is 2.18. The first kappa shape index (κ1) is 14.4. The topological polar surface area (TPSA) is 42.0 Å². The number of aryl methyl sites for hydroxylation is 1. The van der Waals surface area contributed by atoms with Crippen LogP contribution in [-0.2, 0) is 11.2 Å². The molecular weight excluding hydrogens is 248 g/mol. The minimum Gasteiger partial charge on any atom is -0.310 e. The van der Waals surface area contributed by atoms with Gasteiger partial charge in [-0.05, 0) is 44.5 Å². The van der Waals surface area contributed by atoms with Crippen LogP contribution >= 0.6 is 0 Å². The van der Waals surface area contributed by atoms with Crippen LogP contribution in [0, 0.1) is 6.92 Å². The van der Waals surface area contributed by atoms with Crippen LogP contribution in [-0.4, -0.2) is 23.9 Å². The van der Waals surface area contributed by atoms with E-state index in [1.165, 1.54) is 5.56 Å². The van der Waals surface area contributed by atoms with E-state index in [0.29, 0.717) is 6.42 Å². The third-order valence-corrected chi connectivity index (χ3v) is 3.52. The van der Waals surface area contributed by atoms with Crippen LogP contribution in [0.25, 0.3) is 11.3 Å². The summed E-state index contributed by atoms with van der Waals surface area (Å²) in [6.45, 7) is 3.69. The standard InChI is InChI=1S/C17H20N2O/c1-12-6-4-5-7-15(12)16-9-8-14(11-19-16)10-17(18-3)13(2)20/h4-9,11,17-18H,10H2,1-3H3/t17-/m0/s1. The highest BCUT2D eigenvalue weighted by atomic mass is 16.1. The lowest BCUT2D eigenvalue weighted by Crippen LogP contribution is -2.34. The van der Waals surface area contributed by atoms with Crippen molar-refractivity contribution in [3.05, 3.63) is 53.7 Å². The number of hydrogen-bond donors (Lipinski definition) is 1. The summed E-state index contributed by atoms with van der Waals surface area (Å²) in [6, 6.07) is 12.1. The van der Waals surface area contributed by atoms with Crippen molar-refractivity contribution in [2.45, 2.75) is 26.3 Å². The van der Waals surface area contributed by atoms with Crippen LogP contribution in [0.15, 0.2) is 42.6 Å². The van der Waals surface area contributed by atoms with Gasteiger partial charge in [-0.3, -0.25) is 9.78 Å². The molecule has 2 rings (SSSR count). The molecule has 0 spiro atoms. The molecule has 1 N–H and O–H groups in total. The first-order chi connectivity index (χ1) is 9.61. The van der Waals surface area contributed by atoms with Crippen molar-refractivity contribution in [1.29, 1.82) is 0 Å². The van der Waals surface area contributed by atoms with Gasteiger partial charge in [-0.1, -0.05) is 30.3 Å². The summed E-state index contributed by atoms with van der Waals surface area (Å²) < 4.78 is 0. The molecule has 0 aliphatic rings. The highest BCUT2D eigenvalue weighted by molar-refractivity contribution is 5.81. The molecule has 0 amide bonds. The Kier molecular flexibility index (Phi) is 4.64. The maximum absolute atomic E-state index is 11.4. The largest absolute Gasteiger partial charge is 0.310 e. The van der Waals surface area contributed by atoms with Gasteiger partial charge in [0.15, 0.2) is 0 Å². The van der Waals surface area contributed by atoms with E-state index < -0.39 is 0 Å². The van der Waals surface area contributed by atoms with Gasteiger partial charge in [-0.15, -0.1) is 0 Å². The molecule has 0 saturated heterocycles. The van der Waals surface area contributed by atoms with Crippen molar-refractivity contribution in [1.82, 2.24) is 10.3 Å². The Bertz CT molecular complexity index is 590. The Morgan fingerprint density at radius 3 is 2.55 bits per heavy atom. The molecule has 104 valence electrons. The van der Waals surface area contributed by atoms with Gasteiger partial charge in [0.1, 0.15) is 5.78 Å². The number of benzene rings is 1. The summed E-state index contributed by atoms with van der Waals surface area (Å²) in [5.74, 6) is 0.149. The van der Waals surface area contributed by atoms with Crippen LogP contribution in [0.1, 0.15) is 18.1 Å². The van der Waals surface area contributed by atoms with Gasteiger partial charge in [0.2, 0.25) is 0 Å². The number of nitrogens with zero attached hydrogens (tertiary/aromatic N) is 1. The van der Waals surface area contributed by atoms with Crippen molar-refractivity contribution in [2.24, 2.45) is 0 Å². The lowest BCUT2D eigenvalue weighted by molar-refractivity contribution is -0.118. The van der Waals surface area contributed by atoms with E-state index in [9.17, 15) is 4.79 Å². The summed E-state index contributed by atoms with van der Waals surface area (Å²) in [4.78, 5) is 15.9. The molecule has 2 aromatic rings. The Morgan fingerprint density at radius 2 is 2.00 bits per heavy atom. The van der Waals surface area contributed by atoms with E-state index in [4.69, 9.17) is 0 Å². The third-order valence-electron chi connectivity index (χ3n) is 3.52. The van der Waals surface area contributed by atoms with Crippen molar-refractivity contribution in [2.75, 3.05) is 7.05 Å². The smallest absolute Gasteiger partial charge is 0.147 e. The van der Waals surface area contributed by atoms with Crippen LogP contribution in [0.5, 0.6) is 0 Å². The van der Waals surface area contributed by atoms with Gasteiger partial charge >= 0.3 is 0 Å². The first-order valence-electron chi connectivity index (χ1n) is 6.80. The van der Waals surface area contributed by atoms with E-state index in [1.807, 2.05) is 30.5 Å². The number of pyridine rings is 1. The minimum absolute atomic E-state index is 0.138. The number of ketones is 1. The normalized spacial score (nSPS) is 12.2. The summed E-state index contributed by atoms with van der Waals surface area (Å²) in [5.41, 5.74) is 4.40. The second-order valence-corrected chi connectivity index (χ2v) is 5.02. The summed E-state index contributed by atoms with van der Waals surface area (Å²) in [5, 5.41) is 3.03. The van der Waals surface area contributed by atoms with Gasteiger partial charge in [0, 0.05) is 11.8 Å². The molecule has 0 aliphatic carbocycles. The molecule has 1 aromatic carbocycles. The summed E-state index contributed by atoms with van der Waals surface area (Å²) >= 11 is 0. The van der Waals surface area contributed by atoms with E-state index in [1.54, 1.807) is 14.0 Å². The van der Waals surface area contributed by atoms with Gasteiger partial charge in [0.05, 0.1) is 11.7 Å². The van der Waals surface area contributed by atoms with E-state index in [0.717, 1.165) is 16.8 Å². The molecule has 0 bridgehead atoms. The molecule has 0 aliphatic heterocycles. The average Bonchev–Trinajstić information content (AvgIpc) is 2.46. The SMILES string of the molecule is CN[C@@H](Cc1ccc(-c2ccccc2C)nc1)C(C)=O. The van der Waals surface area contributed by atoms with Crippen molar-refractivity contribution in [3.8, 4) is 11.3 Å². The molecule has 3 heteroatoms. The van der Waals surface area contributed by atoms with E-state index >= 15 is 0 Å². The number of carbonyl (C=O) groups is 1. The molecule has 0 saturated carbocycles. The molecule has 20 heavy (non-hydrogen) atoms. The lowest BCUT2D eigenvalue weighted by atomic mass is 10.0. The zero-order chi connectivity index (χ0) is 14.5. The minimum atomic E-state index is -0.138. The highest BCUT2D eigenvalue weighted by Gasteiger charge is 2.12. The molecule has 0 fully saturated rings. The maximum atomic E-state index is 11.4. The number of hydrogen-bond acceptors (Lipinski definition) is 3. The second-order valence-electron chi connectivity index (χ2n) is 5.02. The maximum Gasteiger partial charge on any atom is 0.147 e. The van der Waals surface area contributed by atoms with Crippen molar-refractivity contribution < 1.29 is 4.79 Å². The number of likely N-dealkylation sites (N-methyl/N-ethyl adjacent to an activating group) is 1. The van der Waals surface area contributed by atoms with Crippen LogP contribution in [0.3, 0.4) is 0 Å².